The van der Waals surface area contributed by atoms with Crippen LogP contribution < -0.4 is 19.5 Å². The monoisotopic (exact) mass is 312 g/mol. The molecule has 0 atom stereocenters. The summed E-state index contributed by atoms with van der Waals surface area (Å²) in [5.41, 5.74) is 1.08. The molecule has 0 saturated heterocycles. The molecule has 0 radical (unpaired) electrons. The number of hydrogen-bond acceptors (Lipinski definition) is 5. The number of rotatable bonds is 6. The van der Waals surface area contributed by atoms with Gasteiger partial charge in [-0.3, -0.25) is 4.79 Å². The van der Waals surface area contributed by atoms with E-state index in [2.05, 4.69) is 5.32 Å². The molecule has 1 N–H and O–H groups in total. The van der Waals surface area contributed by atoms with Crippen LogP contribution >= 0.6 is 0 Å². The van der Waals surface area contributed by atoms with Crippen molar-refractivity contribution in [3.8, 4) is 23.3 Å². The number of benzene rings is 2. The Balaban J connectivity index is 1.95. The van der Waals surface area contributed by atoms with Crippen molar-refractivity contribution in [3.05, 3.63) is 48.0 Å². The minimum atomic E-state index is -0.315. The summed E-state index contributed by atoms with van der Waals surface area (Å²) in [5.74, 6) is 1.35. The lowest BCUT2D eigenvalue weighted by atomic mass is 10.2. The Labute approximate surface area is 134 Å². The normalized spacial score (nSPS) is 9.61. The fraction of sp³-hybridized carbons (Fsp3) is 0.176. The van der Waals surface area contributed by atoms with Gasteiger partial charge in [-0.15, -0.1) is 0 Å². The molecule has 0 spiro atoms. The molecule has 2 rings (SSSR count). The minimum Gasteiger partial charge on any atom is -0.497 e. The largest absolute Gasteiger partial charge is 0.497 e. The van der Waals surface area contributed by atoms with Crippen LogP contribution in [0.5, 0.6) is 17.2 Å². The number of nitriles is 1. The molecule has 0 aromatic heterocycles. The molecule has 2 aromatic carbocycles. The highest BCUT2D eigenvalue weighted by atomic mass is 16.5. The van der Waals surface area contributed by atoms with Crippen molar-refractivity contribution in [1.29, 1.82) is 5.26 Å². The molecule has 0 fully saturated rings. The number of hydrogen-bond donors (Lipinski definition) is 1. The smallest absolute Gasteiger partial charge is 0.262 e. The van der Waals surface area contributed by atoms with E-state index in [1.165, 1.54) is 14.2 Å². The van der Waals surface area contributed by atoms with Crippen LogP contribution in [0.3, 0.4) is 0 Å². The number of nitrogens with zero attached hydrogens (tertiary/aromatic N) is 1. The van der Waals surface area contributed by atoms with Gasteiger partial charge in [0.15, 0.2) is 6.61 Å². The lowest BCUT2D eigenvalue weighted by Crippen LogP contribution is -2.20. The first-order valence-electron chi connectivity index (χ1n) is 6.80. The summed E-state index contributed by atoms with van der Waals surface area (Å²) in [4.78, 5) is 11.9. The molecule has 6 heteroatoms. The van der Waals surface area contributed by atoms with Gasteiger partial charge in [0.1, 0.15) is 17.2 Å². The summed E-state index contributed by atoms with van der Waals surface area (Å²) in [6, 6.07) is 13.6. The summed E-state index contributed by atoms with van der Waals surface area (Å²) in [6.45, 7) is -0.147. The van der Waals surface area contributed by atoms with Gasteiger partial charge in [-0.1, -0.05) is 0 Å². The molecular weight excluding hydrogens is 296 g/mol. The van der Waals surface area contributed by atoms with Crippen LogP contribution in [-0.4, -0.2) is 26.7 Å². The van der Waals surface area contributed by atoms with Crippen molar-refractivity contribution >= 4 is 11.6 Å². The molecule has 118 valence electrons. The topological polar surface area (TPSA) is 80.6 Å². The van der Waals surface area contributed by atoms with E-state index < -0.39 is 0 Å². The zero-order chi connectivity index (χ0) is 16.7. The summed E-state index contributed by atoms with van der Waals surface area (Å²) < 4.78 is 15.7. The first-order valence-corrected chi connectivity index (χ1v) is 6.80. The number of amides is 1. The van der Waals surface area contributed by atoms with Crippen molar-refractivity contribution in [2.45, 2.75) is 0 Å². The van der Waals surface area contributed by atoms with Crippen molar-refractivity contribution in [3.63, 3.8) is 0 Å². The molecule has 0 unspecified atom stereocenters. The van der Waals surface area contributed by atoms with E-state index in [-0.39, 0.29) is 12.5 Å². The lowest BCUT2D eigenvalue weighted by molar-refractivity contribution is -0.118. The van der Waals surface area contributed by atoms with Gasteiger partial charge in [-0.2, -0.15) is 5.26 Å². The second-order valence-electron chi connectivity index (χ2n) is 4.57. The van der Waals surface area contributed by atoms with Gasteiger partial charge in [0.2, 0.25) is 0 Å². The third-order valence-corrected chi connectivity index (χ3v) is 2.99. The molecule has 0 aliphatic rings. The molecule has 0 bridgehead atoms. The van der Waals surface area contributed by atoms with Crippen LogP contribution in [0.4, 0.5) is 5.69 Å². The fourth-order valence-electron chi connectivity index (χ4n) is 1.85. The molecular formula is C17H16N2O4. The van der Waals surface area contributed by atoms with E-state index in [9.17, 15) is 4.79 Å². The van der Waals surface area contributed by atoms with E-state index in [4.69, 9.17) is 19.5 Å². The van der Waals surface area contributed by atoms with Gasteiger partial charge in [0.25, 0.3) is 5.91 Å². The third-order valence-electron chi connectivity index (χ3n) is 2.99. The molecule has 0 aliphatic heterocycles. The van der Waals surface area contributed by atoms with E-state index >= 15 is 0 Å². The Kier molecular flexibility index (Phi) is 5.42. The SMILES string of the molecule is COc1cc(NC(=O)COc2ccc(C#N)cc2)cc(OC)c1. The third kappa shape index (κ3) is 4.64. The summed E-state index contributed by atoms with van der Waals surface area (Å²) in [6.07, 6.45) is 0. The number of nitrogens with one attached hydrogen (secondary N) is 1. The van der Waals surface area contributed by atoms with Gasteiger partial charge < -0.3 is 19.5 Å². The van der Waals surface area contributed by atoms with Gasteiger partial charge in [-0.25, -0.2) is 0 Å². The highest BCUT2D eigenvalue weighted by Crippen LogP contribution is 2.25. The van der Waals surface area contributed by atoms with Crippen LogP contribution in [-0.2, 0) is 4.79 Å². The molecule has 0 aliphatic carbocycles. The fourth-order valence-corrected chi connectivity index (χ4v) is 1.85. The minimum absolute atomic E-state index is 0.147. The summed E-state index contributed by atoms with van der Waals surface area (Å²) >= 11 is 0. The zero-order valence-corrected chi connectivity index (χ0v) is 12.8. The van der Waals surface area contributed by atoms with Crippen LogP contribution in [0.25, 0.3) is 0 Å². The quantitative estimate of drug-likeness (QED) is 0.886. The Morgan fingerprint density at radius 3 is 2.17 bits per heavy atom. The number of carbonyl (C=O) groups excluding carboxylic acids is 1. The van der Waals surface area contributed by atoms with E-state index in [1.54, 1.807) is 42.5 Å². The number of ether oxygens (including phenoxy) is 3. The van der Waals surface area contributed by atoms with Crippen molar-refractivity contribution in [1.82, 2.24) is 0 Å². The van der Waals surface area contributed by atoms with Gasteiger partial charge in [0.05, 0.1) is 25.9 Å². The second kappa shape index (κ2) is 7.71. The highest BCUT2D eigenvalue weighted by molar-refractivity contribution is 5.92. The standard InChI is InChI=1S/C17H16N2O4/c1-21-15-7-13(8-16(9-15)22-2)19-17(20)11-23-14-5-3-12(10-18)4-6-14/h3-9H,11H2,1-2H3,(H,19,20). The first-order chi connectivity index (χ1) is 11.1. The summed E-state index contributed by atoms with van der Waals surface area (Å²) in [7, 11) is 3.07. The zero-order valence-electron chi connectivity index (χ0n) is 12.8. The van der Waals surface area contributed by atoms with Crippen molar-refractivity contribution in [2.24, 2.45) is 0 Å². The Morgan fingerprint density at radius 2 is 1.65 bits per heavy atom. The Morgan fingerprint density at radius 1 is 1.04 bits per heavy atom. The molecule has 0 heterocycles. The molecule has 1 amide bonds. The predicted molar refractivity (Wildman–Crippen MR) is 84.8 cm³/mol. The lowest BCUT2D eigenvalue weighted by Gasteiger charge is -2.10. The molecule has 6 nitrogen and oxygen atoms in total. The van der Waals surface area contributed by atoms with E-state index in [1.807, 2.05) is 6.07 Å². The highest BCUT2D eigenvalue weighted by Gasteiger charge is 2.07. The van der Waals surface area contributed by atoms with Gasteiger partial charge >= 0.3 is 0 Å². The maximum Gasteiger partial charge on any atom is 0.262 e. The Bertz CT molecular complexity index is 698. The Hall–Kier alpha value is -3.20. The van der Waals surface area contributed by atoms with E-state index in [0.29, 0.717) is 28.5 Å². The number of anilines is 1. The first kappa shape index (κ1) is 16.2. The maximum absolute atomic E-state index is 11.9. The predicted octanol–water partition coefficient (Wildman–Crippen LogP) is 2.59. The van der Waals surface area contributed by atoms with Crippen LogP contribution in [0, 0.1) is 11.3 Å². The summed E-state index contributed by atoms with van der Waals surface area (Å²) in [5, 5.41) is 11.4. The van der Waals surface area contributed by atoms with Crippen molar-refractivity contribution in [2.75, 3.05) is 26.1 Å². The van der Waals surface area contributed by atoms with Crippen LogP contribution in [0.2, 0.25) is 0 Å². The molecule has 23 heavy (non-hydrogen) atoms. The average Bonchev–Trinajstić information content (AvgIpc) is 2.60. The van der Waals surface area contributed by atoms with Gasteiger partial charge in [-0.05, 0) is 24.3 Å². The number of methoxy groups -OCH3 is 2. The average molecular weight is 312 g/mol. The molecule has 0 saturated carbocycles. The second-order valence-corrected chi connectivity index (χ2v) is 4.57. The molecule has 2 aromatic rings. The van der Waals surface area contributed by atoms with Crippen molar-refractivity contribution < 1.29 is 19.0 Å². The maximum atomic E-state index is 11.9. The number of carbonyl (C=O) groups is 1. The van der Waals surface area contributed by atoms with Crippen LogP contribution in [0.1, 0.15) is 5.56 Å². The van der Waals surface area contributed by atoms with Crippen LogP contribution in [0.15, 0.2) is 42.5 Å². The van der Waals surface area contributed by atoms with Gasteiger partial charge in [0, 0.05) is 23.9 Å². The van der Waals surface area contributed by atoms with E-state index in [0.717, 1.165) is 0 Å².